The Balaban J connectivity index is 2.03. The number of likely N-dealkylation sites (tertiary alicyclic amines) is 1. The number of piperidine rings is 1. The summed E-state index contributed by atoms with van der Waals surface area (Å²) < 4.78 is 0. The minimum absolute atomic E-state index is 0.0562. The van der Waals surface area contributed by atoms with Crippen molar-refractivity contribution in [3.8, 4) is 0 Å². The lowest BCUT2D eigenvalue weighted by molar-refractivity contribution is 0.129. The fourth-order valence-corrected chi connectivity index (χ4v) is 2.98. The summed E-state index contributed by atoms with van der Waals surface area (Å²) in [7, 11) is 4.33. The second-order valence-corrected chi connectivity index (χ2v) is 6.10. The number of nitrogens with one attached hydrogen (secondary N) is 1. The van der Waals surface area contributed by atoms with Gasteiger partial charge in [-0.15, -0.1) is 0 Å². The standard InChI is InChI=1S/C15H23ClN4/c1-19-7-3-4-13(10-19)20(2)9-12-6-5-11(15(17)18)8-14(12)16/h5-6,8,13H,3-4,7,9-10H2,1-2H3,(H3,17,18). The van der Waals surface area contributed by atoms with Gasteiger partial charge in [-0.2, -0.15) is 0 Å². The molecule has 0 aliphatic carbocycles. The van der Waals surface area contributed by atoms with E-state index in [0.29, 0.717) is 16.6 Å². The van der Waals surface area contributed by atoms with Crippen LogP contribution in [0.2, 0.25) is 5.02 Å². The monoisotopic (exact) mass is 294 g/mol. The van der Waals surface area contributed by atoms with E-state index in [9.17, 15) is 0 Å². The van der Waals surface area contributed by atoms with Crippen LogP contribution >= 0.6 is 11.6 Å². The second-order valence-electron chi connectivity index (χ2n) is 5.69. The van der Waals surface area contributed by atoms with E-state index in [1.165, 1.54) is 19.4 Å². The van der Waals surface area contributed by atoms with Gasteiger partial charge in [-0.3, -0.25) is 10.3 Å². The number of nitrogen functional groups attached to an aromatic ring is 1. The van der Waals surface area contributed by atoms with Crippen LogP contribution in [0.15, 0.2) is 18.2 Å². The van der Waals surface area contributed by atoms with Gasteiger partial charge in [0.25, 0.3) is 0 Å². The quantitative estimate of drug-likeness (QED) is 0.661. The number of nitrogens with two attached hydrogens (primary N) is 1. The third-order valence-electron chi connectivity index (χ3n) is 4.01. The molecule has 1 heterocycles. The Morgan fingerprint density at radius 2 is 2.30 bits per heavy atom. The summed E-state index contributed by atoms with van der Waals surface area (Å²) in [5.74, 6) is 0.0562. The lowest BCUT2D eigenvalue weighted by Crippen LogP contribution is -2.44. The molecular formula is C15H23ClN4. The zero-order valence-electron chi connectivity index (χ0n) is 12.2. The highest BCUT2D eigenvalue weighted by Gasteiger charge is 2.21. The first-order valence-electron chi connectivity index (χ1n) is 6.99. The number of benzene rings is 1. The summed E-state index contributed by atoms with van der Waals surface area (Å²) in [6.45, 7) is 3.13. The average molecular weight is 295 g/mol. The number of nitrogens with zero attached hydrogens (tertiary/aromatic N) is 2. The Kier molecular flexibility index (Phi) is 5.02. The molecule has 1 aliphatic heterocycles. The van der Waals surface area contributed by atoms with Gasteiger partial charge in [-0.1, -0.05) is 23.7 Å². The maximum atomic E-state index is 7.43. The van der Waals surface area contributed by atoms with E-state index in [-0.39, 0.29) is 5.84 Å². The fourth-order valence-electron chi connectivity index (χ4n) is 2.74. The molecule has 0 amide bonds. The van der Waals surface area contributed by atoms with Crippen molar-refractivity contribution in [2.45, 2.75) is 25.4 Å². The number of rotatable bonds is 4. The Morgan fingerprint density at radius 1 is 1.55 bits per heavy atom. The van der Waals surface area contributed by atoms with E-state index < -0.39 is 0 Å². The summed E-state index contributed by atoms with van der Waals surface area (Å²) in [6.07, 6.45) is 2.49. The van der Waals surface area contributed by atoms with Crippen molar-refractivity contribution < 1.29 is 0 Å². The maximum absolute atomic E-state index is 7.43. The first-order valence-corrected chi connectivity index (χ1v) is 7.37. The molecule has 0 spiro atoms. The van der Waals surface area contributed by atoms with Crippen LogP contribution in [0.1, 0.15) is 24.0 Å². The highest BCUT2D eigenvalue weighted by atomic mass is 35.5. The Bertz CT molecular complexity index is 489. The normalized spacial score (nSPS) is 20.3. The molecule has 1 aromatic carbocycles. The van der Waals surface area contributed by atoms with Gasteiger partial charge < -0.3 is 10.6 Å². The van der Waals surface area contributed by atoms with Crippen LogP contribution in [-0.4, -0.2) is 48.9 Å². The Morgan fingerprint density at radius 3 is 2.90 bits per heavy atom. The lowest BCUT2D eigenvalue weighted by Gasteiger charge is -2.36. The molecule has 110 valence electrons. The van der Waals surface area contributed by atoms with E-state index in [2.05, 4.69) is 23.9 Å². The third kappa shape index (κ3) is 3.72. The summed E-state index contributed by atoms with van der Waals surface area (Å²) in [5.41, 5.74) is 7.24. The van der Waals surface area contributed by atoms with E-state index in [4.69, 9.17) is 22.7 Å². The molecule has 1 aromatic rings. The van der Waals surface area contributed by atoms with Crippen molar-refractivity contribution in [1.29, 1.82) is 5.41 Å². The predicted octanol–water partition coefficient (Wildman–Crippen LogP) is 2.15. The van der Waals surface area contributed by atoms with Crippen LogP contribution in [0.4, 0.5) is 0 Å². The minimum Gasteiger partial charge on any atom is -0.384 e. The molecule has 3 N–H and O–H groups in total. The molecule has 0 saturated carbocycles. The van der Waals surface area contributed by atoms with Crippen molar-refractivity contribution in [1.82, 2.24) is 9.80 Å². The van der Waals surface area contributed by atoms with Crippen LogP contribution in [0.3, 0.4) is 0 Å². The molecule has 2 rings (SSSR count). The van der Waals surface area contributed by atoms with Crippen LogP contribution in [0.5, 0.6) is 0 Å². The summed E-state index contributed by atoms with van der Waals surface area (Å²) in [4.78, 5) is 4.75. The van der Waals surface area contributed by atoms with Gasteiger partial charge >= 0.3 is 0 Å². The molecule has 1 fully saturated rings. The molecule has 4 nitrogen and oxygen atoms in total. The van der Waals surface area contributed by atoms with Gasteiger partial charge in [-0.05, 0) is 45.1 Å². The molecule has 0 bridgehead atoms. The minimum atomic E-state index is 0.0562. The van der Waals surface area contributed by atoms with E-state index in [0.717, 1.165) is 18.7 Å². The van der Waals surface area contributed by atoms with Gasteiger partial charge in [0.2, 0.25) is 0 Å². The Hall–Kier alpha value is -1.10. The number of halogens is 1. The largest absolute Gasteiger partial charge is 0.384 e. The fraction of sp³-hybridized carbons (Fsp3) is 0.533. The number of hydrogen-bond acceptors (Lipinski definition) is 3. The molecule has 0 aromatic heterocycles. The number of hydrogen-bond donors (Lipinski definition) is 2. The van der Waals surface area contributed by atoms with Crippen LogP contribution in [0, 0.1) is 5.41 Å². The van der Waals surface area contributed by atoms with Crippen molar-refractivity contribution in [3.05, 3.63) is 34.3 Å². The molecular weight excluding hydrogens is 272 g/mol. The number of likely N-dealkylation sites (N-methyl/N-ethyl adjacent to an activating group) is 2. The van der Waals surface area contributed by atoms with Crippen LogP contribution in [-0.2, 0) is 6.54 Å². The van der Waals surface area contributed by atoms with Crippen molar-refractivity contribution in [2.24, 2.45) is 5.73 Å². The SMILES string of the molecule is CN1CCCC(N(C)Cc2ccc(C(=N)N)cc2Cl)C1. The van der Waals surface area contributed by atoms with Gasteiger partial charge in [0.1, 0.15) is 5.84 Å². The molecule has 1 unspecified atom stereocenters. The van der Waals surface area contributed by atoms with Gasteiger partial charge in [0, 0.05) is 29.7 Å². The maximum Gasteiger partial charge on any atom is 0.122 e. The smallest absolute Gasteiger partial charge is 0.122 e. The van der Waals surface area contributed by atoms with Gasteiger partial charge in [0.05, 0.1) is 0 Å². The third-order valence-corrected chi connectivity index (χ3v) is 4.36. The summed E-state index contributed by atoms with van der Waals surface area (Å²) in [6, 6.07) is 6.20. The number of amidine groups is 1. The molecule has 1 saturated heterocycles. The highest BCUT2D eigenvalue weighted by Crippen LogP contribution is 2.22. The van der Waals surface area contributed by atoms with E-state index >= 15 is 0 Å². The molecule has 1 aliphatic rings. The predicted molar refractivity (Wildman–Crippen MR) is 84.5 cm³/mol. The van der Waals surface area contributed by atoms with Crippen LogP contribution in [0.25, 0.3) is 0 Å². The van der Waals surface area contributed by atoms with E-state index in [1.54, 1.807) is 6.07 Å². The first kappa shape index (κ1) is 15.3. The Labute approximate surface area is 126 Å². The lowest BCUT2D eigenvalue weighted by atomic mass is 10.0. The highest BCUT2D eigenvalue weighted by molar-refractivity contribution is 6.31. The van der Waals surface area contributed by atoms with E-state index in [1.807, 2.05) is 12.1 Å². The molecule has 5 heteroatoms. The molecule has 0 radical (unpaired) electrons. The molecule has 1 atom stereocenters. The van der Waals surface area contributed by atoms with Gasteiger partial charge in [0.15, 0.2) is 0 Å². The molecule has 20 heavy (non-hydrogen) atoms. The van der Waals surface area contributed by atoms with Crippen molar-refractivity contribution in [2.75, 3.05) is 27.2 Å². The zero-order chi connectivity index (χ0) is 14.7. The summed E-state index contributed by atoms with van der Waals surface area (Å²) >= 11 is 6.30. The van der Waals surface area contributed by atoms with Gasteiger partial charge in [-0.25, -0.2) is 0 Å². The van der Waals surface area contributed by atoms with Crippen molar-refractivity contribution >= 4 is 17.4 Å². The second kappa shape index (κ2) is 6.57. The zero-order valence-corrected chi connectivity index (χ0v) is 13.0. The van der Waals surface area contributed by atoms with Crippen molar-refractivity contribution in [3.63, 3.8) is 0 Å². The first-order chi connectivity index (χ1) is 9.47. The summed E-state index contributed by atoms with van der Waals surface area (Å²) in [5, 5.41) is 8.12. The van der Waals surface area contributed by atoms with Crippen LogP contribution < -0.4 is 5.73 Å². The average Bonchev–Trinajstić information content (AvgIpc) is 2.40. The topological polar surface area (TPSA) is 56.4 Å².